The summed E-state index contributed by atoms with van der Waals surface area (Å²) in [5, 5.41) is 8.73. The van der Waals surface area contributed by atoms with E-state index in [0.29, 0.717) is 22.1 Å². The second-order valence-corrected chi connectivity index (χ2v) is 6.90. The summed E-state index contributed by atoms with van der Waals surface area (Å²) in [4.78, 5) is 0.344. The molecule has 2 aromatic rings. The zero-order valence-corrected chi connectivity index (χ0v) is 11.6. The highest BCUT2D eigenvalue weighted by atomic mass is 32.2. The Balaban J connectivity index is 1.88. The van der Waals surface area contributed by atoms with Crippen LogP contribution >= 0.6 is 11.3 Å². The van der Waals surface area contributed by atoms with Crippen molar-refractivity contribution in [3.63, 3.8) is 0 Å². The fourth-order valence-corrected chi connectivity index (χ4v) is 3.84. The molecule has 0 radical (unpaired) electrons. The van der Waals surface area contributed by atoms with E-state index in [1.165, 1.54) is 12.1 Å². The third-order valence-corrected chi connectivity index (χ3v) is 5.44. The van der Waals surface area contributed by atoms with Crippen molar-refractivity contribution in [1.82, 2.24) is 0 Å². The van der Waals surface area contributed by atoms with Gasteiger partial charge in [-0.05, 0) is 24.3 Å². The molecule has 0 aliphatic carbocycles. The van der Waals surface area contributed by atoms with Gasteiger partial charge in [0, 0.05) is 6.07 Å². The third kappa shape index (κ3) is 2.29. The molecule has 1 aliphatic heterocycles. The first-order valence-corrected chi connectivity index (χ1v) is 7.81. The molecular weight excluding hydrogens is 300 g/mol. The summed E-state index contributed by atoms with van der Waals surface area (Å²) in [6.07, 6.45) is 0. The highest BCUT2D eigenvalue weighted by molar-refractivity contribution is 7.94. The van der Waals surface area contributed by atoms with Crippen molar-refractivity contribution in [2.45, 2.75) is 4.21 Å². The van der Waals surface area contributed by atoms with Gasteiger partial charge in [-0.15, -0.1) is 11.3 Å². The molecular formula is C12H8N2O4S2. The maximum Gasteiger partial charge on any atom is 0.271 e. The van der Waals surface area contributed by atoms with Crippen LogP contribution in [0.1, 0.15) is 4.88 Å². The van der Waals surface area contributed by atoms with Crippen molar-refractivity contribution < 1.29 is 17.9 Å². The first-order chi connectivity index (χ1) is 9.58. The van der Waals surface area contributed by atoms with Crippen molar-refractivity contribution in [2.75, 3.05) is 11.5 Å². The van der Waals surface area contributed by atoms with Crippen molar-refractivity contribution >= 4 is 27.0 Å². The Bertz CT molecular complexity index is 805. The fourth-order valence-electron chi connectivity index (χ4n) is 1.69. The molecule has 1 aliphatic rings. The lowest BCUT2D eigenvalue weighted by Gasteiger charge is -2.06. The zero-order valence-electron chi connectivity index (χ0n) is 9.99. The average Bonchev–Trinajstić information content (AvgIpc) is 3.06. The van der Waals surface area contributed by atoms with Crippen molar-refractivity contribution in [1.29, 1.82) is 5.26 Å². The second-order valence-electron chi connectivity index (χ2n) is 3.90. The molecule has 3 rings (SSSR count). The van der Waals surface area contributed by atoms with Crippen molar-refractivity contribution in [2.24, 2.45) is 0 Å². The molecule has 0 fully saturated rings. The van der Waals surface area contributed by atoms with E-state index >= 15 is 0 Å². The smallest absolute Gasteiger partial charge is 0.271 e. The molecule has 0 atom stereocenters. The van der Waals surface area contributed by atoms with Crippen LogP contribution in [-0.4, -0.2) is 15.2 Å². The number of thiophene rings is 1. The minimum atomic E-state index is -3.70. The first-order valence-electron chi connectivity index (χ1n) is 5.51. The summed E-state index contributed by atoms with van der Waals surface area (Å²) in [7, 11) is -3.70. The summed E-state index contributed by atoms with van der Waals surface area (Å²) in [6.45, 7) is 0.127. The van der Waals surface area contributed by atoms with Crippen LogP contribution in [-0.2, 0) is 10.0 Å². The van der Waals surface area contributed by atoms with E-state index in [0.717, 1.165) is 11.3 Å². The largest absolute Gasteiger partial charge is 0.454 e. The summed E-state index contributed by atoms with van der Waals surface area (Å²) in [5.74, 6) is 1.07. The highest BCUT2D eigenvalue weighted by Gasteiger charge is 2.19. The van der Waals surface area contributed by atoms with E-state index < -0.39 is 10.0 Å². The van der Waals surface area contributed by atoms with Crippen LogP contribution in [0.2, 0.25) is 0 Å². The highest BCUT2D eigenvalue weighted by Crippen LogP contribution is 2.35. The molecule has 0 spiro atoms. The van der Waals surface area contributed by atoms with Crippen LogP contribution < -0.4 is 14.2 Å². The molecule has 1 aromatic heterocycles. The number of hydrogen-bond donors (Lipinski definition) is 1. The van der Waals surface area contributed by atoms with Crippen LogP contribution in [0.25, 0.3) is 0 Å². The van der Waals surface area contributed by atoms with Crippen LogP contribution in [0.5, 0.6) is 11.5 Å². The lowest BCUT2D eigenvalue weighted by molar-refractivity contribution is 0.174. The lowest BCUT2D eigenvalue weighted by atomic mass is 10.3. The molecule has 1 N–H and O–H groups in total. The molecule has 6 nitrogen and oxygen atoms in total. The molecule has 8 heteroatoms. The van der Waals surface area contributed by atoms with Crippen LogP contribution in [0.4, 0.5) is 5.69 Å². The van der Waals surface area contributed by atoms with Crippen molar-refractivity contribution in [3.8, 4) is 17.6 Å². The van der Waals surface area contributed by atoms with Gasteiger partial charge in [0.25, 0.3) is 10.0 Å². The number of nitrogens with zero attached hydrogens (tertiary/aromatic N) is 1. The van der Waals surface area contributed by atoms with Gasteiger partial charge in [-0.2, -0.15) is 5.26 Å². The van der Waals surface area contributed by atoms with Crippen LogP contribution in [0.3, 0.4) is 0 Å². The summed E-state index contributed by atoms with van der Waals surface area (Å²) in [5.41, 5.74) is 0.376. The topological polar surface area (TPSA) is 88.4 Å². The fraction of sp³-hybridized carbons (Fsp3) is 0.0833. The predicted molar refractivity (Wildman–Crippen MR) is 72.4 cm³/mol. The SMILES string of the molecule is N#Cc1ccc(S(=O)(=O)Nc2ccc3c(c2)OCO3)s1. The number of nitriles is 1. The Morgan fingerprint density at radius 3 is 2.75 bits per heavy atom. The number of fused-ring (bicyclic) bond motifs is 1. The molecule has 102 valence electrons. The number of sulfonamides is 1. The quantitative estimate of drug-likeness (QED) is 0.938. The van der Waals surface area contributed by atoms with E-state index in [1.807, 2.05) is 6.07 Å². The van der Waals surface area contributed by atoms with Gasteiger partial charge in [-0.1, -0.05) is 0 Å². The molecule has 0 saturated heterocycles. The Hall–Kier alpha value is -2.24. The molecule has 0 saturated carbocycles. The van der Waals surface area contributed by atoms with E-state index in [9.17, 15) is 8.42 Å². The number of hydrogen-bond acceptors (Lipinski definition) is 6. The number of benzene rings is 1. The molecule has 20 heavy (non-hydrogen) atoms. The molecule has 0 bridgehead atoms. The number of anilines is 1. The molecule has 0 amide bonds. The van der Waals surface area contributed by atoms with Gasteiger partial charge in [0.05, 0.1) is 5.69 Å². The van der Waals surface area contributed by atoms with Gasteiger partial charge in [0.2, 0.25) is 6.79 Å². The van der Waals surface area contributed by atoms with Crippen LogP contribution in [0, 0.1) is 11.3 Å². The van der Waals surface area contributed by atoms with E-state index in [-0.39, 0.29) is 11.0 Å². The maximum absolute atomic E-state index is 12.1. The number of ether oxygens (including phenoxy) is 2. The monoisotopic (exact) mass is 308 g/mol. The molecule has 0 unspecified atom stereocenters. The minimum absolute atomic E-state index is 0.0896. The van der Waals surface area contributed by atoms with Gasteiger partial charge in [-0.3, -0.25) is 4.72 Å². The minimum Gasteiger partial charge on any atom is -0.454 e. The number of rotatable bonds is 3. The van der Waals surface area contributed by atoms with Gasteiger partial charge in [0.15, 0.2) is 11.5 Å². The summed E-state index contributed by atoms with van der Waals surface area (Å²) < 4.78 is 37.2. The van der Waals surface area contributed by atoms with E-state index in [4.69, 9.17) is 14.7 Å². The molecule has 1 aromatic carbocycles. The maximum atomic E-state index is 12.1. The van der Waals surface area contributed by atoms with Crippen molar-refractivity contribution in [3.05, 3.63) is 35.2 Å². The Kier molecular flexibility index (Phi) is 3.00. The Labute approximate surface area is 119 Å². The van der Waals surface area contributed by atoms with Gasteiger partial charge < -0.3 is 9.47 Å². The van der Waals surface area contributed by atoms with E-state index in [2.05, 4.69) is 4.72 Å². The first kappa shape index (κ1) is 12.8. The zero-order chi connectivity index (χ0) is 14.2. The third-order valence-electron chi connectivity index (χ3n) is 2.58. The number of nitrogens with one attached hydrogen (secondary N) is 1. The van der Waals surface area contributed by atoms with Crippen LogP contribution in [0.15, 0.2) is 34.5 Å². The van der Waals surface area contributed by atoms with Gasteiger partial charge in [-0.25, -0.2) is 8.42 Å². The Morgan fingerprint density at radius 1 is 1.20 bits per heavy atom. The standard InChI is InChI=1S/C12H8N2O4S2/c13-6-9-2-4-12(19-9)20(15,16)14-8-1-3-10-11(5-8)18-7-17-10/h1-5,14H,7H2. The summed E-state index contributed by atoms with van der Waals surface area (Å²) >= 11 is 0.917. The van der Waals surface area contributed by atoms with Gasteiger partial charge in [0.1, 0.15) is 15.2 Å². The Morgan fingerprint density at radius 2 is 2.00 bits per heavy atom. The molecule has 2 heterocycles. The predicted octanol–water partition coefficient (Wildman–Crippen LogP) is 2.15. The second kappa shape index (κ2) is 4.70. The van der Waals surface area contributed by atoms with Gasteiger partial charge >= 0.3 is 0 Å². The normalized spacial score (nSPS) is 12.9. The summed E-state index contributed by atoms with van der Waals surface area (Å²) in [6, 6.07) is 9.56. The lowest BCUT2D eigenvalue weighted by Crippen LogP contribution is -2.11. The average molecular weight is 308 g/mol. The van der Waals surface area contributed by atoms with E-state index in [1.54, 1.807) is 18.2 Å².